The van der Waals surface area contributed by atoms with Crippen LogP contribution < -0.4 is 5.32 Å². The molecule has 0 fully saturated rings. The van der Waals surface area contributed by atoms with Gasteiger partial charge in [-0.2, -0.15) is 0 Å². The van der Waals surface area contributed by atoms with Crippen molar-refractivity contribution in [2.24, 2.45) is 0 Å². The summed E-state index contributed by atoms with van der Waals surface area (Å²) in [5, 5.41) is 3.10. The monoisotopic (exact) mass is 253 g/mol. The summed E-state index contributed by atoms with van der Waals surface area (Å²) in [5.74, 6) is 0.406. The van der Waals surface area contributed by atoms with Gasteiger partial charge in [-0.3, -0.25) is 0 Å². The normalized spacial score (nSPS) is 21.4. The topological polar surface area (TPSA) is 46.2 Å². The lowest BCUT2D eigenvalue weighted by atomic mass is 10.0. The van der Waals surface area contributed by atoms with Crippen molar-refractivity contribution in [3.05, 3.63) is 29.3 Å². The predicted octanol–water partition coefficient (Wildman–Crippen LogP) is 1.73. The summed E-state index contributed by atoms with van der Waals surface area (Å²) >= 11 is 0. The number of hydrogen-bond donors (Lipinski definition) is 1. The van der Waals surface area contributed by atoms with Crippen molar-refractivity contribution in [3.8, 4) is 0 Å². The highest BCUT2D eigenvalue weighted by molar-refractivity contribution is 7.91. The molecule has 0 spiro atoms. The number of aryl methyl sites for hydroxylation is 1. The molecular weight excluding hydrogens is 234 g/mol. The molecule has 17 heavy (non-hydrogen) atoms. The quantitative estimate of drug-likeness (QED) is 0.831. The fourth-order valence-corrected chi connectivity index (χ4v) is 4.37. The average molecular weight is 253 g/mol. The molecule has 0 bridgehead atoms. The molecule has 0 aromatic heterocycles. The Morgan fingerprint density at radius 3 is 2.88 bits per heavy atom. The summed E-state index contributed by atoms with van der Waals surface area (Å²) in [6.45, 7) is 2.93. The van der Waals surface area contributed by atoms with E-state index in [1.807, 2.05) is 26.1 Å². The van der Waals surface area contributed by atoms with Crippen LogP contribution in [0.25, 0.3) is 0 Å². The van der Waals surface area contributed by atoms with E-state index >= 15 is 0 Å². The highest BCUT2D eigenvalue weighted by Gasteiger charge is 2.31. The van der Waals surface area contributed by atoms with Gasteiger partial charge in [-0.15, -0.1) is 0 Å². The first kappa shape index (κ1) is 12.6. The number of rotatable bonds is 4. The Morgan fingerprint density at radius 1 is 1.41 bits per heavy atom. The molecule has 94 valence electrons. The van der Waals surface area contributed by atoms with E-state index in [4.69, 9.17) is 0 Å². The van der Waals surface area contributed by atoms with E-state index in [9.17, 15) is 8.42 Å². The van der Waals surface area contributed by atoms with Crippen LogP contribution in [0.4, 0.5) is 0 Å². The molecule has 1 unspecified atom stereocenters. The minimum atomic E-state index is -3.02. The van der Waals surface area contributed by atoms with E-state index in [0.717, 1.165) is 30.5 Å². The summed E-state index contributed by atoms with van der Waals surface area (Å²) in [6, 6.07) is 5.91. The Labute approximate surface area is 103 Å². The molecule has 4 heteroatoms. The minimum absolute atomic E-state index is 0.140. The number of nitrogens with one attached hydrogen (secondary N) is 1. The maximum absolute atomic E-state index is 11.9. The first-order valence-electron chi connectivity index (χ1n) is 6.05. The molecule has 1 aliphatic heterocycles. The van der Waals surface area contributed by atoms with Gasteiger partial charge in [0.1, 0.15) is 0 Å². The first-order valence-corrected chi connectivity index (χ1v) is 7.70. The number of sulfone groups is 1. The van der Waals surface area contributed by atoms with E-state index in [1.54, 1.807) is 0 Å². The summed E-state index contributed by atoms with van der Waals surface area (Å²) in [5.41, 5.74) is 2.11. The Hall–Kier alpha value is -0.870. The molecule has 2 rings (SSSR count). The van der Waals surface area contributed by atoms with Crippen LogP contribution in [0.2, 0.25) is 0 Å². The SMILES string of the molecule is CNCCCc1ccc2c(c1)S(=O)(=O)CC2C. The summed E-state index contributed by atoms with van der Waals surface area (Å²) < 4.78 is 23.9. The van der Waals surface area contributed by atoms with Crippen molar-refractivity contribution in [1.29, 1.82) is 0 Å². The van der Waals surface area contributed by atoms with Crippen LogP contribution in [0.5, 0.6) is 0 Å². The molecular formula is C13H19NO2S. The summed E-state index contributed by atoms with van der Waals surface area (Å²) in [4.78, 5) is 0.562. The second-order valence-electron chi connectivity index (χ2n) is 4.76. The number of fused-ring (bicyclic) bond motifs is 1. The van der Waals surface area contributed by atoms with Crippen molar-refractivity contribution in [3.63, 3.8) is 0 Å². The van der Waals surface area contributed by atoms with E-state index < -0.39 is 9.84 Å². The molecule has 1 aliphatic rings. The maximum atomic E-state index is 11.9. The Morgan fingerprint density at radius 2 is 2.18 bits per heavy atom. The Balaban J connectivity index is 2.25. The Bertz CT molecular complexity index is 508. The molecule has 0 saturated heterocycles. The fraction of sp³-hybridized carbons (Fsp3) is 0.538. The van der Waals surface area contributed by atoms with Gasteiger partial charge < -0.3 is 5.32 Å². The molecule has 1 aromatic carbocycles. The van der Waals surface area contributed by atoms with E-state index in [0.29, 0.717) is 4.90 Å². The maximum Gasteiger partial charge on any atom is 0.179 e. The Kier molecular flexibility index (Phi) is 3.54. The van der Waals surface area contributed by atoms with Crippen LogP contribution in [0.3, 0.4) is 0 Å². The molecule has 0 amide bonds. The molecule has 0 aliphatic carbocycles. The molecule has 1 N–H and O–H groups in total. The highest BCUT2D eigenvalue weighted by atomic mass is 32.2. The van der Waals surface area contributed by atoms with Crippen molar-refractivity contribution >= 4 is 9.84 Å². The van der Waals surface area contributed by atoms with Crippen LogP contribution in [-0.4, -0.2) is 27.8 Å². The molecule has 1 aromatic rings. The van der Waals surface area contributed by atoms with Gasteiger partial charge in [0.05, 0.1) is 10.6 Å². The van der Waals surface area contributed by atoms with Crippen LogP contribution in [0.15, 0.2) is 23.1 Å². The van der Waals surface area contributed by atoms with E-state index in [2.05, 4.69) is 11.4 Å². The molecule has 0 radical (unpaired) electrons. The van der Waals surface area contributed by atoms with E-state index in [1.165, 1.54) is 0 Å². The minimum Gasteiger partial charge on any atom is -0.320 e. The highest BCUT2D eigenvalue weighted by Crippen LogP contribution is 2.35. The lowest BCUT2D eigenvalue weighted by molar-refractivity contribution is 0.598. The van der Waals surface area contributed by atoms with Crippen LogP contribution in [-0.2, 0) is 16.3 Å². The fourth-order valence-electron chi connectivity index (χ4n) is 2.39. The largest absolute Gasteiger partial charge is 0.320 e. The van der Waals surface area contributed by atoms with Crippen molar-refractivity contribution in [2.75, 3.05) is 19.3 Å². The zero-order valence-electron chi connectivity index (χ0n) is 10.4. The second kappa shape index (κ2) is 4.78. The molecule has 1 atom stereocenters. The van der Waals surface area contributed by atoms with Gasteiger partial charge in [0.15, 0.2) is 9.84 Å². The molecule has 3 nitrogen and oxygen atoms in total. The van der Waals surface area contributed by atoms with Gasteiger partial charge in [-0.05, 0) is 49.5 Å². The van der Waals surface area contributed by atoms with Gasteiger partial charge in [-0.1, -0.05) is 19.1 Å². The van der Waals surface area contributed by atoms with E-state index in [-0.39, 0.29) is 11.7 Å². The van der Waals surface area contributed by atoms with Gasteiger partial charge in [0, 0.05) is 0 Å². The zero-order valence-corrected chi connectivity index (χ0v) is 11.2. The third kappa shape index (κ3) is 2.53. The molecule has 1 heterocycles. The van der Waals surface area contributed by atoms with Crippen LogP contribution in [0, 0.1) is 0 Å². The van der Waals surface area contributed by atoms with Crippen molar-refractivity contribution in [2.45, 2.75) is 30.6 Å². The van der Waals surface area contributed by atoms with Crippen molar-refractivity contribution < 1.29 is 8.42 Å². The summed E-state index contributed by atoms with van der Waals surface area (Å²) in [7, 11) is -1.10. The van der Waals surface area contributed by atoms with Crippen LogP contribution in [0.1, 0.15) is 30.4 Å². The van der Waals surface area contributed by atoms with Gasteiger partial charge in [0.2, 0.25) is 0 Å². The molecule has 0 saturated carbocycles. The third-order valence-electron chi connectivity index (χ3n) is 3.31. The average Bonchev–Trinajstić information content (AvgIpc) is 2.50. The number of benzene rings is 1. The lowest BCUT2D eigenvalue weighted by Gasteiger charge is -2.05. The standard InChI is InChI=1S/C13H19NO2S/c1-10-9-17(15,16)13-8-11(4-3-7-14-2)5-6-12(10)13/h5-6,8,10,14H,3-4,7,9H2,1-2H3. The zero-order chi connectivity index (χ0) is 12.5. The second-order valence-corrected chi connectivity index (χ2v) is 6.76. The smallest absolute Gasteiger partial charge is 0.179 e. The van der Waals surface area contributed by atoms with Crippen molar-refractivity contribution in [1.82, 2.24) is 5.32 Å². The predicted molar refractivity (Wildman–Crippen MR) is 69.2 cm³/mol. The van der Waals surface area contributed by atoms with Gasteiger partial charge >= 0.3 is 0 Å². The number of hydrogen-bond acceptors (Lipinski definition) is 3. The summed E-state index contributed by atoms with van der Waals surface area (Å²) in [6.07, 6.45) is 1.96. The third-order valence-corrected chi connectivity index (χ3v) is 5.27. The lowest BCUT2D eigenvalue weighted by Crippen LogP contribution is -2.08. The van der Waals surface area contributed by atoms with Gasteiger partial charge in [-0.25, -0.2) is 8.42 Å². The van der Waals surface area contributed by atoms with Gasteiger partial charge in [0.25, 0.3) is 0 Å². The van der Waals surface area contributed by atoms with Crippen LogP contribution >= 0.6 is 0 Å². The first-order chi connectivity index (χ1) is 8.04.